The summed E-state index contributed by atoms with van der Waals surface area (Å²) in [4.78, 5) is 32.0. The molecule has 1 aliphatic heterocycles. The van der Waals surface area contributed by atoms with E-state index in [1.54, 1.807) is 16.7 Å². The zero-order valence-corrected chi connectivity index (χ0v) is 16.9. The largest absolute Gasteiger partial charge is 0.452 e. The Balaban J connectivity index is 1.56. The molecule has 0 radical (unpaired) electrons. The van der Waals surface area contributed by atoms with Gasteiger partial charge in [-0.15, -0.1) is 11.8 Å². The third-order valence-electron chi connectivity index (χ3n) is 4.58. The molecule has 0 N–H and O–H groups in total. The summed E-state index contributed by atoms with van der Waals surface area (Å²) in [6.45, 7) is -0.357. The maximum atomic E-state index is 13.1. The van der Waals surface area contributed by atoms with Crippen molar-refractivity contribution in [3.8, 4) is 0 Å². The third-order valence-corrected chi connectivity index (χ3v) is 5.94. The van der Waals surface area contributed by atoms with E-state index in [4.69, 9.17) is 16.3 Å². The highest BCUT2D eigenvalue weighted by Gasteiger charge is 2.32. The van der Waals surface area contributed by atoms with E-state index in [2.05, 4.69) is 4.98 Å². The lowest BCUT2D eigenvalue weighted by atomic mass is 10.1. The first-order valence-corrected chi connectivity index (χ1v) is 10.4. The molecule has 0 saturated carbocycles. The maximum Gasteiger partial charge on any atom is 0.340 e. The van der Waals surface area contributed by atoms with Gasteiger partial charge < -0.3 is 4.74 Å². The number of hydrogen-bond donors (Lipinski definition) is 0. The molecule has 1 aromatic heterocycles. The second-order valence-electron chi connectivity index (χ2n) is 6.41. The van der Waals surface area contributed by atoms with Gasteiger partial charge in [-0.2, -0.15) is 0 Å². The summed E-state index contributed by atoms with van der Waals surface area (Å²) in [5.74, 6) is -0.165. The van der Waals surface area contributed by atoms with Crippen molar-refractivity contribution in [3.63, 3.8) is 0 Å². The van der Waals surface area contributed by atoms with Crippen LogP contribution in [0.1, 0.15) is 22.0 Å². The fourth-order valence-corrected chi connectivity index (χ4v) is 4.47. The lowest BCUT2D eigenvalue weighted by Gasteiger charge is -2.37. The zero-order chi connectivity index (χ0) is 20.2. The number of nitrogens with zero attached hydrogens (tertiary/aromatic N) is 2. The highest BCUT2D eigenvalue weighted by molar-refractivity contribution is 7.99. The number of para-hydroxylation sites is 1. The first-order valence-electron chi connectivity index (χ1n) is 9.01. The van der Waals surface area contributed by atoms with Crippen molar-refractivity contribution in [2.24, 2.45) is 0 Å². The van der Waals surface area contributed by atoms with Gasteiger partial charge in [0.1, 0.15) is 5.15 Å². The van der Waals surface area contributed by atoms with Crippen LogP contribution in [-0.4, -0.2) is 29.2 Å². The van der Waals surface area contributed by atoms with Crippen LogP contribution >= 0.6 is 23.4 Å². The number of pyridine rings is 1. The number of fused-ring (bicyclic) bond motifs is 1. The molecule has 29 heavy (non-hydrogen) atoms. The molecule has 0 unspecified atom stereocenters. The monoisotopic (exact) mass is 424 g/mol. The van der Waals surface area contributed by atoms with E-state index in [0.29, 0.717) is 0 Å². The van der Waals surface area contributed by atoms with Crippen LogP contribution in [0.3, 0.4) is 0 Å². The van der Waals surface area contributed by atoms with Crippen LogP contribution in [0.25, 0.3) is 0 Å². The van der Waals surface area contributed by atoms with Gasteiger partial charge in [-0.05, 0) is 29.8 Å². The number of hydrogen-bond acceptors (Lipinski definition) is 5. The molecule has 0 fully saturated rings. The molecule has 146 valence electrons. The average molecular weight is 425 g/mol. The molecule has 0 aliphatic carbocycles. The number of aromatic nitrogens is 1. The molecule has 2 aromatic carbocycles. The van der Waals surface area contributed by atoms with Crippen LogP contribution in [0.5, 0.6) is 0 Å². The van der Waals surface area contributed by atoms with Crippen molar-refractivity contribution in [3.05, 3.63) is 89.2 Å². The standard InChI is InChI=1S/C22H17ClN2O3S/c23-20-11-10-16(12-24-20)22(27)28-13-21(26)25-17-8-4-5-9-19(17)29-14-18(25)15-6-2-1-3-7-15/h1-12,18H,13-14H2/t18-/m1/s1. The van der Waals surface area contributed by atoms with Crippen molar-refractivity contribution in [1.82, 2.24) is 4.98 Å². The predicted molar refractivity (Wildman–Crippen MR) is 113 cm³/mol. The van der Waals surface area contributed by atoms with Gasteiger partial charge in [0.25, 0.3) is 5.91 Å². The molecule has 3 aromatic rings. The summed E-state index contributed by atoms with van der Waals surface area (Å²) >= 11 is 7.45. The number of ether oxygens (including phenoxy) is 1. The minimum atomic E-state index is -0.613. The molecule has 1 atom stereocenters. The molecule has 0 bridgehead atoms. The fraction of sp³-hybridized carbons (Fsp3) is 0.136. The average Bonchev–Trinajstić information content (AvgIpc) is 2.77. The van der Waals surface area contributed by atoms with Crippen LogP contribution in [0.15, 0.2) is 77.8 Å². The molecule has 1 aliphatic rings. The number of esters is 1. The Hall–Kier alpha value is -2.83. The van der Waals surface area contributed by atoms with Gasteiger partial charge >= 0.3 is 5.97 Å². The van der Waals surface area contributed by atoms with Crippen molar-refractivity contribution in [1.29, 1.82) is 0 Å². The van der Waals surface area contributed by atoms with E-state index >= 15 is 0 Å². The van der Waals surface area contributed by atoms with Gasteiger partial charge in [0.15, 0.2) is 6.61 Å². The van der Waals surface area contributed by atoms with Crippen LogP contribution in [0.4, 0.5) is 5.69 Å². The van der Waals surface area contributed by atoms with Gasteiger partial charge in [-0.1, -0.05) is 54.1 Å². The smallest absolute Gasteiger partial charge is 0.340 e. The molecule has 2 heterocycles. The van der Waals surface area contributed by atoms with Gasteiger partial charge in [0, 0.05) is 16.8 Å². The molecular weight excluding hydrogens is 408 g/mol. The molecular formula is C22H17ClN2O3S. The summed E-state index contributed by atoms with van der Waals surface area (Å²) in [6.07, 6.45) is 1.33. The Kier molecular flexibility index (Phi) is 5.83. The Labute approximate surface area is 177 Å². The zero-order valence-electron chi connectivity index (χ0n) is 15.3. The summed E-state index contributed by atoms with van der Waals surface area (Å²) in [5, 5.41) is 0.283. The van der Waals surface area contributed by atoms with Gasteiger partial charge in [0.05, 0.1) is 17.3 Å². The highest BCUT2D eigenvalue weighted by Crippen LogP contribution is 2.43. The summed E-state index contributed by atoms with van der Waals surface area (Å²) in [7, 11) is 0. The minimum Gasteiger partial charge on any atom is -0.452 e. The van der Waals surface area contributed by atoms with Crippen molar-refractivity contribution < 1.29 is 14.3 Å². The van der Waals surface area contributed by atoms with Crippen molar-refractivity contribution >= 4 is 40.9 Å². The van der Waals surface area contributed by atoms with Crippen molar-refractivity contribution in [2.75, 3.05) is 17.3 Å². The summed E-state index contributed by atoms with van der Waals surface area (Å²) in [6, 6.07) is 20.5. The molecule has 7 heteroatoms. The van der Waals surface area contributed by atoms with Gasteiger partial charge in [0.2, 0.25) is 0 Å². The Morgan fingerprint density at radius 2 is 1.83 bits per heavy atom. The first-order chi connectivity index (χ1) is 14.1. The first kappa shape index (κ1) is 19.5. The Morgan fingerprint density at radius 1 is 1.07 bits per heavy atom. The quantitative estimate of drug-likeness (QED) is 0.446. The fourth-order valence-electron chi connectivity index (χ4n) is 3.19. The topological polar surface area (TPSA) is 59.5 Å². The van der Waals surface area contributed by atoms with Crippen LogP contribution in [0.2, 0.25) is 5.15 Å². The Bertz CT molecular complexity index is 1030. The predicted octanol–water partition coefficient (Wildman–Crippen LogP) is 4.77. The van der Waals surface area contributed by atoms with E-state index in [0.717, 1.165) is 21.9 Å². The normalized spacial score (nSPS) is 15.5. The van der Waals surface area contributed by atoms with Crippen LogP contribution in [0, 0.1) is 0 Å². The van der Waals surface area contributed by atoms with Crippen LogP contribution < -0.4 is 4.90 Å². The van der Waals surface area contributed by atoms with E-state index in [1.165, 1.54) is 18.3 Å². The summed E-state index contributed by atoms with van der Waals surface area (Å²) < 4.78 is 5.26. The second kappa shape index (κ2) is 8.68. The number of carbonyl (C=O) groups excluding carboxylic acids is 2. The number of carbonyl (C=O) groups is 2. The third kappa shape index (κ3) is 4.28. The number of amides is 1. The lowest BCUT2D eigenvalue weighted by molar-refractivity contribution is -0.122. The second-order valence-corrected chi connectivity index (χ2v) is 7.86. The molecule has 4 rings (SSSR count). The number of halogens is 1. The number of anilines is 1. The van der Waals surface area contributed by atoms with E-state index in [9.17, 15) is 9.59 Å². The minimum absolute atomic E-state index is 0.139. The van der Waals surface area contributed by atoms with E-state index < -0.39 is 5.97 Å². The van der Waals surface area contributed by atoms with Gasteiger partial charge in [-0.3, -0.25) is 9.69 Å². The van der Waals surface area contributed by atoms with Gasteiger partial charge in [-0.25, -0.2) is 9.78 Å². The van der Waals surface area contributed by atoms with Crippen molar-refractivity contribution in [2.45, 2.75) is 10.9 Å². The molecule has 5 nitrogen and oxygen atoms in total. The molecule has 1 amide bonds. The van der Waals surface area contributed by atoms with E-state index in [-0.39, 0.29) is 29.3 Å². The van der Waals surface area contributed by atoms with E-state index in [1.807, 2.05) is 54.6 Å². The van der Waals surface area contributed by atoms with Crippen LogP contribution in [-0.2, 0) is 9.53 Å². The molecule has 0 saturated heterocycles. The number of rotatable bonds is 4. The maximum absolute atomic E-state index is 13.1. The Morgan fingerprint density at radius 3 is 2.59 bits per heavy atom. The summed E-state index contributed by atoms with van der Waals surface area (Å²) in [5.41, 5.74) is 2.11. The molecule has 0 spiro atoms. The lowest BCUT2D eigenvalue weighted by Crippen LogP contribution is -2.41. The SMILES string of the molecule is O=C(OCC(=O)N1c2ccccc2SC[C@@H]1c1ccccc1)c1ccc(Cl)nc1. The number of thioether (sulfide) groups is 1. The highest BCUT2D eigenvalue weighted by atomic mass is 35.5. The number of benzene rings is 2.